The predicted octanol–water partition coefficient (Wildman–Crippen LogP) is 3.99. The molecule has 2 aromatic rings. The number of pyridine rings is 1. The van der Waals surface area contributed by atoms with Gasteiger partial charge in [0.2, 0.25) is 0 Å². The van der Waals surface area contributed by atoms with Crippen LogP contribution in [0.1, 0.15) is 5.56 Å². The lowest BCUT2D eigenvalue weighted by molar-refractivity contribution is -0.386. The van der Waals surface area contributed by atoms with Crippen LogP contribution in [0.25, 0.3) is 0 Å². The Morgan fingerprint density at radius 2 is 2.16 bits per heavy atom. The van der Waals surface area contributed by atoms with E-state index in [0.717, 1.165) is 6.07 Å². The summed E-state index contributed by atoms with van der Waals surface area (Å²) in [6, 6.07) is 5.47. The maximum absolute atomic E-state index is 13.4. The van der Waals surface area contributed by atoms with Gasteiger partial charge in [0.1, 0.15) is 11.6 Å². The summed E-state index contributed by atoms with van der Waals surface area (Å²) in [7, 11) is 0. The van der Waals surface area contributed by atoms with Crippen molar-refractivity contribution in [2.75, 3.05) is 0 Å². The zero-order chi connectivity index (χ0) is 14.0. The van der Waals surface area contributed by atoms with E-state index in [-0.39, 0.29) is 17.3 Å². The van der Waals surface area contributed by atoms with Crippen LogP contribution in [-0.4, -0.2) is 9.91 Å². The molecule has 98 valence electrons. The molecule has 0 aliphatic heterocycles. The zero-order valence-electron chi connectivity index (χ0n) is 9.76. The third-order valence-electron chi connectivity index (χ3n) is 2.35. The summed E-state index contributed by atoms with van der Waals surface area (Å²) >= 11 is 3.09. The molecule has 2 rings (SSSR count). The number of ether oxygens (including phenoxy) is 1. The second-order valence-corrected chi connectivity index (χ2v) is 4.66. The molecule has 1 aromatic carbocycles. The van der Waals surface area contributed by atoms with Crippen LogP contribution >= 0.6 is 15.9 Å². The summed E-state index contributed by atoms with van der Waals surface area (Å²) in [5.74, 6) is -0.477. The van der Waals surface area contributed by atoms with E-state index in [1.54, 1.807) is 6.92 Å². The number of hydrogen-bond acceptors (Lipinski definition) is 4. The van der Waals surface area contributed by atoms with Crippen molar-refractivity contribution in [1.82, 2.24) is 4.98 Å². The van der Waals surface area contributed by atoms with Crippen LogP contribution < -0.4 is 4.74 Å². The van der Waals surface area contributed by atoms with Crippen LogP contribution in [0.15, 0.2) is 34.9 Å². The van der Waals surface area contributed by atoms with Crippen LogP contribution in [0.3, 0.4) is 0 Å². The number of nitro groups is 1. The molecule has 1 aromatic heterocycles. The summed E-state index contributed by atoms with van der Waals surface area (Å²) in [5.41, 5.74) is 0.168. The molecule has 7 heteroatoms. The SMILES string of the molecule is Cc1ccc(Oc2ncc(Br)cc2[N+](=O)[O-])cc1F. The van der Waals surface area contributed by atoms with E-state index in [0.29, 0.717) is 10.0 Å². The minimum Gasteiger partial charge on any atom is -0.434 e. The lowest BCUT2D eigenvalue weighted by atomic mass is 10.2. The normalized spacial score (nSPS) is 10.3. The second kappa shape index (κ2) is 5.31. The Morgan fingerprint density at radius 3 is 2.79 bits per heavy atom. The third kappa shape index (κ3) is 3.05. The van der Waals surface area contributed by atoms with E-state index >= 15 is 0 Å². The quantitative estimate of drug-likeness (QED) is 0.631. The Bertz CT molecular complexity index is 649. The van der Waals surface area contributed by atoms with Crippen molar-refractivity contribution in [2.45, 2.75) is 6.92 Å². The molecule has 0 fully saturated rings. The van der Waals surface area contributed by atoms with E-state index in [4.69, 9.17) is 4.74 Å². The smallest absolute Gasteiger partial charge is 0.332 e. The second-order valence-electron chi connectivity index (χ2n) is 3.75. The van der Waals surface area contributed by atoms with E-state index in [1.165, 1.54) is 24.4 Å². The number of aromatic nitrogens is 1. The molecule has 0 amide bonds. The van der Waals surface area contributed by atoms with Gasteiger partial charge in [-0.3, -0.25) is 10.1 Å². The monoisotopic (exact) mass is 326 g/mol. The molecule has 5 nitrogen and oxygen atoms in total. The zero-order valence-corrected chi connectivity index (χ0v) is 11.3. The topological polar surface area (TPSA) is 65.3 Å². The molecule has 0 saturated heterocycles. The summed E-state index contributed by atoms with van der Waals surface area (Å²) in [6.45, 7) is 1.61. The molecule has 0 unspecified atom stereocenters. The van der Waals surface area contributed by atoms with Gasteiger partial charge in [-0.1, -0.05) is 6.07 Å². The number of nitrogens with zero attached hydrogens (tertiary/aromatic N) is 2. The number of halogens is 2. The molecule has 1 heterocycles. The maximum atomic E-state index is 13.4. The Balaban J connectivity index is 2.37. The highest BCUT2D eigenvalue weighted by Gasteiger charge is 2.18. The van der Waals surface area contributed by atoms with Gasteiger partial charge in [0.15, 0.2) is 0 Å². The number of benzene rings is 1. The van der Waals surface area contributed by atoms with E-state index in [1.807, 2.05) is 0 Å². The fraction of sp³-hybridized carbons (Fsp3) is 0.0833. The van der Waals surface area contributed by atoms with Crippen molar-refractivity contribution in [3.8, 4) is 11.6 Å². The molecule has 0 atom stereocenters. The average Bonchev–Trinajstić information content (AvgIpc) is 2.36. The van der Waals surface area contributed by atoms with Crippen LogP contribution in [0.5, 0.6) is 11.6 Å². The average molecular weight is 327 g/mol. The lowest BCUT2D eigenvalue weighted by Crippen LogP contribution is -1.96. The number of aryl methyl sites for hydroxylation is 1. The van der Waals surface area contributed by atoms with Crippen molar-refractivity contribution < 1.29 is 14.1 Å². The molecule has 0 bridgehead atoms. The van der Waals surface area contributed by atoms with E-state index in [9.17, 15) is 14.5 Å². The van der Waals surface area contributed by atoms with Crippen LogP contribution in [0, 0.1) is 22.9 Å². The van der Waals surface area contributed by atoms with Gasteiger partial charge in [-0.2, -0.15) is 0 Å². The first-order chi connectivity index (χ1) is 8.97. The number of rotatable bonds is 3. The molecule has 0 aliphatic carbocycles. The van der Waals surface area contributed by atoms with Gasteiger partial charge < -0.3 is 4.74 Å². The summed E-state index contributed by atoms with van der Waals surface area (Å²) in [4.78, 5) is 14.1. The molecule has 0 aliphatic rings. The molecular weight excluding hydrogens is 319 g/mol. The molecule has 0 saturated carbocycles. The highest BCUT2D eigenvalue weighted by Crippen LogP contribution is 2.31. The fourth-order valence-electron chi connectivity index (χ4n) is 1.37. The van der Waals surface area contributed by atoms with Gasteiger partial charge in [0, 0.05) is 22.8 Å². The first-order valence-corrected chi connectivity index (χ1v) is 6.00. The van der Waals surface area contributed by atoms with Crippen molar-refractivity contribution in [3.63, 3.8) is 0 Å². The number of hydrogen-bond donors (Lipinski definition) is 0. The molecule has 0 N–H and O–H groups in total. The molecular formula is C12H8BrFN2O3. The van der Waals surface area contributed by atoms with Crippen LogP contribution in [0.4, 0.5) is 10.1 Å². The summed E-state index contributed by atoms with van der Waals surface area (Å²) < 4.78 is 19.1. The van der Waals surface area contributed by atoms with Gasteiger partial charge in [0.05, 0.1) is 4.92 Å². The van der Waals surface area contributed by atoms with E-state index < -0.39 is 10.7 Å². The summed E-state index contributed by atoms with van der Waals surface area (Å²) in [5, 5.41) is 10.9. The highest BCUT2D eigenvalue weighted by atomic mass is 79.9. The van der Waals surface area contributed by atoms with Gasteiger partial charge in [-0.05, 0) is 34.5 Å². The van der Waals surface area contributed by atoms with Crippen molar-refractivity contribution in [2.24, 2.45) is 0 Å². The molecule has 0 radical (unpaired) electrons. The van der Waals surface area contributed by atoms with Crippen LogP contribution in [-0.2, 0) is 0 Å². The van der Waals surface area contributed by atoms with E-state index in [2.05, 4.69) is 20.9 Å². The predicted molar refractivity (Wildman–Crippen MR) is 69.8 cm³/mol. The Morgan fingerprint density at radius 1 is 1.42 bits per heavy atom. The van der Waals surface area contributed by atoms with Crippen molar-refractivity contribution in [3.05, 3.63) is 56.4 Å². The van der Waals surface area contributed by atoms with Crippen molar-refractivity contribution >= 4 is 21.6 Å². The highest BCUT2D eigenvalue weighted by molar-refractivity contribution is 9.10. The fourth-order valence-corrected chi connectivity index (χ4v) is 1.69. The Labute approximate surface area is 116 Å². The lowest BCUT2D eigenvalue weighted by Gasteiger charge is -2.06. The standard InChI is InChI=1S/C12H8BrFN2O3/c1-7-2-3-9(5-10(7)14)19-12-11(16(17)18)4-8(13)6-15-12/h2-6H,1H3. The maximum Gasteiger partial charge on any atom is 0.332 e. The first-order valence-electron chi connectivity index (χ1n) is 5.21. The van der Waals surface area contributed by atoms with Gasteiger partial charge >= 0.3 is 5.69 Å². The van der Waals surface area contributed by atoms with Crippen LogP contribution in [0.2, 0.25) is 0 Å². The third-order valence-corrected chi connectivity index (χ3v) is 2.79. The van der Waals surface area contributed by atoms with Gasteiger partial charge in [-0.25, -0.2) is 9.37 Å². The first kappa shape index (κ1) is 13.4. The molecule has 19 heavy (non-hydrogen) atoms. The largest absolute Gasteiger partial charge is 0.434 e. The Hall–Kier alpha value is -2.02. The minimum absolute atomic E-state index is 0.154. The van der Waals surface area contributed by atoms with Gasteiger partial charge in [-0.15, -0.1) is 0 Å². The van der Waals surface area contributed by atoms with Gasteiger partial charge in [0.25, 0.3) is 5.88 Å². The molecule has 0 spiro atoms. The van der Waals surface area contributed by atoms with Crippen molar-refractivity contribution in [1.29, 1.82) is 0 Å². The summed E-state index contributed by atoms with van der Waals surface area (Å²) in [6.07, 6.45) is 1.37. The Kier molecular flexibility index (Phi) is 3.75. The minimum atomic E-state index is -0.613.